The number of hydrogen-bond acceptors (Lipinski definition) is 3. The summed E-state index contributed by atoms with van der Waals surface area (Å²) in [5, 5.41) is 11.5. The Morgan fingerprint density at radius 1 is 1.15 bits per heavy atom. The Kier molecular flexibility index (Phi) is 4.68. The fourth-order valence-electron chi connectivity index (χ4n) is 4.68. The van der Waals surface area contributed by atoms with Crippen molar-refractivity contribution >= 4 is 12.0 Å². The van der Waals surface area contributed by atoms with Gasteiger partial charge in [-0.2, -0.15) is 0 Å². The van der Waals surface area contributed by atoms with Crippen molar-refractivity contribution < 1.29 is 14.3 Å². The molecule has 1 aromatic carbocycles. The van der Waals surface area contributed by atoms with E-state index in [0.717, 1.165) is 31.2 Å². The van der Waals surface area contributed by atoms with Crippen LogP contribution in [0.4, 0.5) is 0 Å². The third-order valence-electron chi connectivity index (χ3n) is 5.97. The molecule has 4 nitrogen and oxygen atoms in total. The number of nitrogens with zero attached hydrogens (tertiary/aromatic N) is 1. The molecule has 136 valence electrons. The summed E-state index contributed by atoms with van der Waals surface area (Å²) in [6, 6.07) is 13.7. The molecule has 0 bridgehead atoms. The minimum absolute atomic E-state index is 0.00779. The predicted octanol–water partition coefficient (Wildman–Crippen LogP) is 3.97. The van der Waals surface area contributed by atoms with Crippen molar-refractivity contribution in [1.82, 2.24) is 4.90 Å². The Balaban J connectivity index is 1.57. The quantitative estimate of drug-likeness (QED) is 0.851. The van der Waals surface area contributed by atoms with Crippen molar-refractivity contribution in [2.75, 3.05) is 6.54 Å². The van der Waals surface area contributed by atoms with Gasteiger partial charge in [-0.05, 0) is 43.0 Å². The fraction of sp³-hybridized carbons (Fsp3) is 0.409. The van der Waals surface area contributed by atoms with E-state index in [1.165, 1.54) is 0 Å². The fourth-order valence-corrected chi connectivity index (χ4v) is 4.68. The lowest BCUT2D eigenvalue weighted by atomic mass is 9.66. The zero-order valence-electron chi connectivity index (χ0n) is 14.9. The van der Waals surface area contributed by atoms with Crippen LogP contribution in [0.5, 0.6) is 0 Å². The molecule has 1 amide bonds. The number of benzene rings is 1. The lowest BCUT2D eigenvalue weighted by Gasteiger charge is -2.52. The summed E-state index contributed by atoms with van der Waals surface area (Å²) in [6.07, 6.45) is 9.64. The summed E-state index contributed by atoms with van der Waals surface area (Å²) >= 11 is 0. The largest absolute Gasteiger partial charge is 0.465 e. The van der Waals surface area contributed by atoms with E-state index in [2.05, 4.69) is 0 Å². The van der Waals surface area contributed by atoms with Crippen LogP contribution in [0.1, 0.15) is 43.4 Å². The molecule has 1 saturated heterocycles. The molecule has 1 N–H and O–H groups in total. The second-order valence-corrected chi connectivity index (χ2v) is 7.38. The molecule has 2 aliphatic rings. The molecule has 2 aromatic rings. The van der Waals surface area contributed by atoms with Crippen LogP contribution in [0.15, 0.2) is 59.2 Å². The zero-order valence-corrected chi connectivity index (χ0v) is 14.9. The van der Waals surface area contributed by atoms with Crippen molar-refractivity contribution in [3.63, 3.8) is 0 Å². The van der Waals surface area contributed by atoms with Crippen molar-refractivity contribution in [3.8, 4) is 0 Å². The number of likely N-dealkylation sites (tertiary alicyclic amines) is 1. The number of amides is 1. The molecule has 4 rings (SSSR count). The number of carbonyl (C=O) groups is 1. The molecule has 1 aliphatic carbocycles. The lowest BCUT2D eigenvalue weighted by molar-refractivity contribution is -0.150. The van der Waals surface area contributed by atoms with Crippen LogP contribution in [0.3, 0.4) is 0 Å². The highest BCUT2D eigenvalue weighted by atomic mass is 16.3. The van der Waals surface area contributed by atoms with Gasteiger partial charge in [-0.25, -0.2) is 0 Å². The summed E-state index contributed by atoms with van der Waals surface area (Å²) in [5.41, 5.74) is 0.142. The summed E-state index contributed by atoms with van der Waals surface area (Å²) in [6.45, 7) is 0.577. The zero-order chi connectivity index (χ0) is 18.0. The topological polar surface area (TPSA) is 53.7 Å². The van der Waals surface area contributed by atoms with E-state index < -0.39 is 5.60 Å². The van der Waals surface area contributed by atoms with Gasteiger partial charge in [0.2, 0.25) is 5.91 Å². The number of furan rings is 1. The van der Waals surface area contributed by atoms with Gasteiger partial charge < -0.3 is 14.4 Å². The van der Waals surface area contributed by atoms with E-state index in [4.69, 9.17) is 4.42 Å². The molecule has 1 unspecified atom stereocenters. The Morgan fingerprint density at radius 2 is 1.96 bits per heavy atom. The molecule has 0 radical (unpaired) electrons. The number of hydrogen-bond donors (Lipinski definition) is 1. The number of carbonyl (C=O) groups excluding carboxylic acids is 1. The molecule has 0 spiro atoms. The first-order valence-corrected chi connectivity index (χ1v) is 9.48. The van der Waals surface area contributed by atoms with E-state index >= 15 is 0 Å². The van der Waals surface area contributed by atoms with E-state index in [0.29, 0.717) is 18.7 Å². The second-order valence-electron chi connectivity index (χ2n) is 7.38. The smallest absolute Gasteiger partial charge is 0.246 e. The maximum atomic E-state index is 12.8. The van der Waals surface area contributed by atoms with E-state index in [1.54, 1.807) is 18.4 Å². The third kappa shape index (κ3) is 3.10. The second kappa shape index (κ2) is 7.12. The van der Waals surface area contributed by atoms with E-state index in [-0.39, 0.29) is 17.9 Å². The van der Waals surface area contributed by atoms with Crippen molar-refractivity contribution in [2.24, 2.45) is 5.92 Å². The molecule has 1 aliphatic heterocycles. The van der Waals surface area contributed by atoms with Crippen molar-refractivity contribution in [2.45, 2.75) is 43.7 Å². The molecular weight excluding hydrogens is 326 g/mol. The molecule has 26 heavy (non-hydrogen) atoms. The maximum Gasteiger partial charge on any atom is 0.246 e. The van der Waals surface area contributed by atoms with Crippen molar-refractivity contribution in [1.29, 1.82) is 0 Å². The molecule has 3 atom stereocenters. The first-order valence-electron chi connectivity index (χ1n) is 9.48. The Morgan fingerprint density at radius 3 is 2.73 bits per heavy atom. The SMILES string of the molecule is O=C(C=Cc1ccco1)N1CCC(O)(c2ccccc2)[C@H]2CCCC[C@H]21. The third-order valence-corrected chi connectivity index (χ3v) is 5.97. The van der Waals surface area contributed by atoms with Crippen LogP contribution >= 0.6 is 0 Å². The Labute approximate surface area is 154 Å². The number of rotatable bonds is 3. The van der Waals surface area contributed by atoms with Gasteiger partial charge in [-0.1, -0.05) is 43.2 Å². The minimum atomic E-state index is -0.839. The van der Waals surface area contributed by atoms with Crippen LogP contribution < -0.4 is 0 Å². The van der Waals surface area contributed by atoms with Crippen LogP contribution in [0.2, 0.25) is 0 Å². The van der Waals surface area contributed by atoms with Crippen LogP contribution in [0, 0.1) is 5.92 Å². The summed E-state index contributed by atoms with van der Waals surface area (Å²) in [5.74, 6) is 0.776. The Hall–Kier alpha value is -2.33. The number of fused-ring (bicyclic) bond motifs is 1. The van der Waals surface area contributed by atoms with Gasteiger partial charge in [0.15, 0.2) is 0 Å². The van der Waals surface area contributed by atoms with E-state index in [1.807, 2.05) is 47.4 Å². The summed E-state index contributed by atoms with van der Waals surface area (Å²) in [4.78, 5) is 14.8. The molecule has 1 aromatic heterocycles. The normalized spacial score (nSPS) is 28.9. The van der Waals surface area contributed by atoms with Crippen molar-refractivity contribution in [3.05, 3.63) is 66.1 Å². The highest BCUT2D eigenvalue weighted by molar-refractivity contribution is 5.91. The average molecular weight is 351 g/mol. The van der Waals surface area contributed by atoms with Gasteiger partial charge in [0.25, 0.3) is 0 Å². The summed E-state index contributed by atoms with van der Waals surface area (Å²) < 4.78 is 5.27. The van der Waals surface area contributed by atoms with Crippen LogP contribution in [-0.4, -0.2) is 28.5 Å². The first-order chi connectivity index (χ1) is 12.7. The number of piperidine rings is 1. The molecule has 4 heteroatoms. The average Bonchev–Trinajstić information content (AvgIpc) is 3.21. The van der Waals surface area contributed by atoms with Gasteiger partial charge in [0.05, 0.1) is 11.9 Å². The predicted molar refractivity (Wildman–Crippen MR) is 100 cm³/mol. The number of aliphatic hydroxyl groups is 1. The maximum absolute atomic E-state index is 12.8. The van der Waals surface area contributed by atoms with Gasteiger partial charge in [-0.3, -0.25) is 4.79 Å². The van der Waals surface area contributed by atoms with E-state index in [9.17, 15) is 9.90 Å². The molecule has 1 saturated carbocycles. The lowest BCUT2D eigenvalue weighted by Crippen LogP contribution is -2.58. The minimum Gasteiger partial charge on any atom is -0.465 e. The highest BCUT2D eigenvalue weighted by Gasteiger charge is 2.49. The Bertz CT molecular complexity index is 768. The molecule has 2 fully saturated rings. The van der Waals surface area contributed by atoms with Gasteiger partial charge in [0.1, 0.15) is 5.76 Å². The van der Waals surface area contributed by atoms with Gasteiger partial charge in [0, 0.05) is 24.6 Å². The standard InChI is InChI=1S/C22H25NO3/c24-21(13-12-18-9-6-16-26-18)23-15-14-22(25,17-7-2-1-3-8-17)19-10-4-5-11-20(19)23/h1-3,6-9,12-13,16,19-20,25H,4-5,10-11,14-15H2/t19-,20+,22?/m0/s1. The molecular formula is C22H25NO3. The van der Waals surface area contributed by atoms with Crippen LogP contribution in [-0.2, 0) is 10.4 Å². The first kappa shape index (κ1) is 17.1. The highest BCUT2D eigenvalue weighted by Crippen LogP contribution is 2.46. The monoisotopic (exact) mass is 351 g/mol. The molecule has 2 heterocycles. The van der Waals surface area contributed by atoms with Gasteiger partial charge >= 0.3 is 0 Å². The summed E-state index contributed by atoms with van der Waals surface area (Å²) in [7, 11) is 0. The van der Waals surface area contributed by atoms with Gasteiger partial charge in [-0.15, -0.1) is 0 Å². The van der Waals surface area contributed by atoms with Crippen LogP contribution in [0.25, 0.3) is 6.08 Å².